The number of rotatable bonds is 12. The van der Waals surface area contributed by atoms with Crippen LogP contribution in [0.2, 0.25) is 0 Å². The molecule has 1 heterocycles. The second kappa shape index (κ2) is 12.5. The zero-order valence-corrected chi connectivity index (χ0v) is 22.7. The van der Waals surface area contributed by atoms with Gasteiger partial charge in [-0.3, -0.25) is 9.36 Å². The Morgan fingerprint density at radius 3 is 2.29 bits per heavy atom. The van der Waals surface area contributed by atoms with E-state index >= 15 is 0 Å². The molecule has 0 saturated heterocycles. The van der Waals surface area contributed by atoms with Gasteiger partial charge in [-0.1, -0.05) is 18.2 Å². The molecule has 0 bridgehead atoms. The summed E-state index contributed by atoms with van der Waals surface area (Å²) in [5, 5.41) is 0.613. The molecule has 8 heteroatoms. The molecule has 0 saturated carbocycles. The number of fused-ring (bicyclic) bond motifs is 1. The predicted molar refractivity (Wildman–Crippen MR) is 149 cm³/mol. The molecular formula is C30H35N3O5. The number of ether oxygens (including phenoxy) is 4. The number of hydrogen-bond donors (Lipinski definition) is 0. The van der Waals surface area contributed by atoms with Crippen molar-refractivity contribution in [1.82, 2.24) is 14.5 Å². The van der Waals surface area contributed by atoms with Crippen LogP contribution in [-0.2, 0) is 19.4 Å². The molecule has 4 aromatic rings. The highest BCUT2D eigenvalue weighted by molar-refractivity contribution is 5.77. The zero-order valence-electron chi connectivity index (χ0n) is 22.7. The molecule has 0 radical (unpaired) electrons. The first-order chi connectivity index (χ1) is 18.5. The van der Waals surface area contributed by atoms with Crippen molar-refractivity contribution in [1.29, 1.82) is 0 Å². The predicted octanol–water partition coefficient (Wildman–Crippen LogP) is 4.20. The number of benzene rings is 3. The van der Waals surface area contributed by atoms with Crippen LogP contribution in [0.5, 0.6) is 23.0 Å². The first kappa shape index (κ1) is 27.0. The maximum absolute atomic E-state index is 13.6. The number of aromatic nitrogens is 2. The molecular weight excluding hydrogens is 482 g/mol. The van der Waals surface area contributed by atoms with Crippen LogP contribution in [0.25, 0.3) is 10.9 Å². The van der Waals surface area contributed by atoms with Gasteiger partial charge in [-0.15, -0.1) is 0 Å². The first-order valence-electron chi connectivity index (χ1n) is 12.6. The van der Waals surface area contributed by atoms with E-state index < -0.39 is 0 Å². The Labute approximate surface area is 223 Å². The Kier molecular flexibility index (Phi) is 8.86. The molecule has 0 amide bonds. The molecule has 0 aliphatic carbocycles. The fourth-order valence-corrected chi connectivity index (χ4v) is 4.51. The maximum Gasteiger partial charge on any atom is 0.261 e. The van der Waals surface area contributed by atoms with Gasteiger partial charge < -0.3 is 23.8 Å². The van der Waals surface area contributed by atoms with Crippen molar-refractivity contribution < 1.29 is 18.9 Å². The van der Waals surface area contributed by atoms with E-state index in [-0.39, 0.29) is 5.56 Å². The van der Waals surface area contributed by atoms with Gasteiger partial charge in [0.05, 0.1) is 39.3 Å². The molecule has 4 rings (SSSR count). The highest BCUT2D eigenvalue weighted by atomic mass is 16.5. The van der Waals surface area contributed by atoms with Crippen molar-refractivity contribution in [3.05, 3.63) is 88.0 Å². The molecule has 38 heavy (non-hydrogen) atoms. The second-order valence-corrected chi connectivity index (χ2v) is 9.10. The van der Waals surface area contributed by atoms with E-state index in [4.69, 9.17) is 23.9 Å². The Hall–Kier alpha value is -4.04. The third-order valence-corrected chi connectivity index (χ3v) is 6.71. The Morgan fingerprint density at radius 2 is 1.55 bits per heavy atom. The summed E-state index contributed by atoms with van der Waals surface area (Å²) < 4.78 is 23.6. The first-order valence-corrected chi connectivity index (χ1v) is 12.6. The minimum absolute atomic E-state index is 0.0410. The van der Waals surface area contributed by atoms with Gasteiger partial charge in [0.25, 0.3) is 5.56 Å². The van der Waals surface area contributed by atoms with Crippen molar-refractivity contribution in [2.45, 2.75) is 19.4 Å². The molecule has 3 aromatic carbocycles. The summed E-state index contributed by atoms with van der Waals surface area (Å²) in [6.45, 7) is 2.03. The number of likely N-dealkylation sites (N-methyl/N-ethyl adjacent to an activating group) is 1. The topological polar surface area (TPSA) is 75.1 Å². The molecule has 0 unspecified atom stereocenters. The lowest BCUT2D eigenvalue weighted by molar-refractivity contribution is 0.317. The Morgan fingerprint density at radius 1 is 0.816 bits per heavy atom. The highest BCUT2D eigenvalue weighted by Gasteiger charge is 2.15. The van der Waals surface area contributed by atoms with Crippen molar-refractivity contribution in [3.8, 4) is 23.0 Å². The van der Waals surface area contributed by atoms with Crippen LogP contribution in [-0.4, -0.2) is 63.0 Å². The SMILES string of the molecule is COc1ccc(OC)c(Cc2nc3ccccc3c(=O)n2CCN(C)CCc2ccc(OC)c(OC)c2)c1. The lowest BCUT2D eigenvalue weighted by atomic mass is 10.1. The van der Waals surface area contributed by atoms with Crippen molar-refractivity contribution in [3.63, 3.8) is 0 Å². The number of hydrogen-bond acceptors (Lipinski definition) is 7. The monoisotopic (exact) mass is 517 g/mol. The molecule has 0 N–H and O–H groups in total. The van der Waals surface area contributed by atoms with Crippen LogP contribution in [0.4, 0.5) is 0 Å². The summed E-state index contributed by atoms with van der Waals surface area (Å²) in [5.74, 6) is 3.58. The minimum Gasteiger partial charge on any atom is -0.497 e. The fourth-order valence-electron chi connectivity index (χ4n) is 4.51. The minimum atomic E-state index is -0.0410. The van der Waals surface area contributed by atoms with Gasteiger partial charge in [-0.25, -0.2) is 4.98 Å². The normalized spacial score (nSPS) is 11.1. The van der Waals surface area contributed by atoms with E-state index in [9.17, 15) is 4.79 Å². The van der Waals surface area contributed by atoms with E-state index in [1.165, 1.54) is 0 Å². The summed E-state index contributed by atoms with van der Waals surface area (Å²) in [7, 11) is 8.60. The largest absolute Gasteiger partial charge is 0.497 e. The smallest absolute Gasteiger partial charge is 0.261 e. The maximum atomic E-state index is 13.6. The summed E-state index contributed by atoms with van der Waals surface area (Å²) in [5.41, 5.74) is 2.71. The summed E-state index contributed by atoms with van der Waals surface area (Å²) in [6, 6.07) is 19.1. The molecule has 0 aliphatic heterocycles. The molecule has 8 nitrogen and oxygen atoms in total. The van der Waals surface area contributed by atoms with Crippen LogP contribution >= 0.6 is 0 Å². The number of nitrogens with zero attached hydrogens (tertiary/aromatic N) is 3. The Bertz CT molecular complexity index is 1450. The molecule has 0 fully saturated rings. The van der Waals surface area contributed by atoms with E-state index in [2.05, 4.69) is 11.9 Å². The second-order valence-electron chi connectivity index (χ2n) is 9.10. The van der Waals surface area contributed by atoms with Crippen LogP contribution in [0, 0.1) is 0 Å². The number of methoxy groups -OCH3 is 4. The van der Waals surface area contributed by atoms with Crippen molar-refractivity contribution in [2.75, 3.05) is 48.6 Å². The van der Waals surface area contributed by atoms with Gasteiger partial charge in [0, 0.05) is 31.6 Å². The lowest BCUT2D eigenvalue weighted by Crippen LogP contribution is -2.32. The summed E-state index contributed by atoms with van der Waals surface area (Å²) in [6.07, 6.45) is 1.28. The van der Waals surface area contributed by atoms with E-state index in [1.54, 1.807) is 33.0 Å². The van der Waals surface area contributed by atoms with Crippen LogP contribution < -0.4 is 24.5 Å². The lowest BCUT2D eigenvalue weighted by Gasteiger charge is -2.20. The van der Waals surface area contributed by atoms with Gasteiger partial charge >= 0.3 is 0 Å². The van der Waals surface area contributed by atoms with Gasteiger partial charge in [0.2, 0.25) is 0 Å². The van der Waals surface area contributed by atoms with E-state index in [1.807, 2.05) is 60.7 Å². The standard InChI is InChI=1S/C30H35N3O5/c1-32(15-14-21-10-12-27(37-4)28(18-21)38-5)16-17-33-29(31-25-9-7-6-8-24(25)30(33)34)20-22-19-23(35-2)11-13-26(22)36-3/h6-13,18-19H,14-17,20H2,1-5H3. The molecule has 0 spiro atoms. The molecule has 1 aromatic heterocycles. The quantitative estimate of drug-likeness (QED) is 0.279. The third-order valence-electron chi connectivity index (χ3n) is 6.71. The zero-order chi connectivity index (χ0) is 27.1. The van der Waals surface area contributed by atoms with Gasteiger partial charge in [0.15, 0.2) is 11.5 Å². The van der Waals surface area contributed by atoms with E-state index in [0.29, 0.717) is 42.0 Å². The third kappa shape index (κ3) is 6.08. The number of para-hydroxylation sites is 1. The highest BCUT2D eigenvalue weighted by Crippen LogP contribution is 2.28. The van der Waals surface area contributed by atoms with Gasteiger partial charge in [-0.2, -0.15) is 0 Å². The van der Waals surface area contributed by atoms with Crippen LogP contribution in [0.1, 0.15) is 17.0 Å². The van der Waals surface area contributed by atoms with Crippen molar-refractivity contribution in [2.24, 2.45) is 0 Å². The fraction of sp³-hybridized carbons (Fsp3) is 0.333. The summed E-state index contributed by atoms with van der Waals surface area (Å²) >= 11 is 0. The van der Waals surface area contributed by atoms with E-state index in [0.717, 1.165) is 41.3 Å². The average molecular weight is 518 g/mol. The molecule has 0 atom stereocenters. The van der Waals surface area contributed by atoms with Crippen LogP contribution in [0.15, 0.2) is 65.5 Å². The molecule has 200 valence electrons. The van der Waals surface area contributed by atoms with Crippen LogP contribution in [0.3, 0.4) is 0 Å². The van der Waals surface area contributed by atoms with Crippen molar-refractivity contribution >= 4 is 10.9 Å². The van der Waals surface area contributed by atoms with Gasteiger partial charge in [-0.05, 0) is 61.5 Å². The van der Waals surface area contributed by atoms with Gasteiger partial charge in [0.1, 0.15) is 17.3 Å². The summed E-state index contributed by atoms with van der Waals surface area (Å²) in [4.78, 5) is 20.7. The Balaban J connectivity index is 1.55. The average Bonchev–Trinajstić information content (AvgIpc) is 2.95. The molecule has 0 aliphatic rings.